The maximum atomic E-state index is 11.7. The molecular weight excluding hydrogens is 286 g/mol. The summed E-state index contributed by atoms with van der Waals surface area (Å²) in [5, 5.41) is 15.4. The van der Waals surface area contributed by atoms with Gasteiger partial charge in [-0.05, 0) is 24.1 Å². The van der Waals surface area contributed by atoms with Crippen molar-refractivity contribution in [3.05, 3.63) is 47.8 Å². The number of carboxylic acids is 1. The highest BCUT2D eigenvalue weighted by Crippen LogP contribution is 2.11. The molecule has 7 heteroatoms. The smallest absolute Gasteiger partial charge is 0.338 e. The average molecular weight is 303 g/mol. The molecule has 7 nitrogen and oxygen atoms in total. The van der Waals surface area contributed by atoms with E-state index >= 15 is 0 Å². The van der Waals surface area contributed by atoms with E-state index in [0.29, 0.717) is 13.0 Å². The average Bonchev–Trinajstić information content (AvgIpc) is 2.96. The number of hydrogen-bond acceptors (Lipinski definition) is 4. The Labute approximate surface area is 127 Å². The second-order valence-corrected chi connectivity index (χ2v) is 4.68. The molecule has 0 saturated carbocycles. The van der Waals surface area contributed by atoms with Crippen molar-refractivity contribution in [1.82, 2.24) is 15.1 Å². The third-order valence-corrected chi connectivity index (χ3v) is 3.08. The Morgan fingerprint density at radius 1 is 1.32 bits per heavy atom. The first-order valence-corrected chi connectivity index (χ1v) is 6.74. The van der Waals surface area contributed by atoms with Crippen LogP contribution in [0.2, 0.25) is 0 Å². The van der Waals surface area contributed by atoms with Gasteiger partial charge in [-0.3, -0.25) is 9.48 Å². The predicted octanol–water partition coefficient (Wildman–Crippen LogP) is 0.949. The van der Waals surface area contributed by atoms with Crippen molar-refractivity contribution < 1.29 is 19.4 Å². The highest BCUT2D eigenvalue weighted by atomic mass is 16.5. The summed E-state index contributed by atoms with van der Waals surface area (Å²) in [7, 11) is 1.61. The van der Waals surface area contributed by atoms with E-state index in [-0.39, 0.29) is 18.0 Å². The Kier molecular flexibility index (Phi) is 5.13. The van der Waals surface area contributed by atoms with E-state index in [1.165, 1.54) is 17.1 Å². The summed E-state index contributed by atoms with van der Waals surface area (Å²) in [4.78, 5) is 22.5. The van der Waals surface area contributed by atoms with Crippen molar-refractivity contribution in [3.8, 4) is 5.75 Å². The number of ether oxygens (including phenoxy) is 1. The zero-order valence-corrected chi connectivity index (χ0v) is 12.2. The zero-order chi connectivity index (χ0) is 15.9. The molecule has 2 aromatic rings. The highest BCUT2D eigenvalue weighted by Gasteiger charge is 2.08. The van der Waals surface area contributed by atoms with Crippen molar-refractivity contribution in [3.63, 3.8) is 0 Å². The van der Waals surface area contributed by atoms with Crippen LogP contribution in [0.5, 0.6) is 5.75 Å². The van der Waals surface area contributed by atoms with Crippen molar-refractivity contribution in [1.29, 1.82) is 0 Å². The maximum absolute atomic E-state index is 11.7. The molecule has 1 aromatic carbocycles. The Balaban J connectivity index is 1.76. The topological polar surface area (TPSA) is 93.5 Å². The van der Waals surface area contributed by atoms with Crippen LogP contribution < -0.4 is 10.1 Å². The van der Waals surface area contributed by atoms with Crippen molar-refractivity contribution in [2.45, 2.75) is 13.0 Å². The molecule has 116 valence electrons. The van der Waals surface area contributed by atoms with Gasteiger partial charge in [0.25, 0.3) is 0 Å². The molecular formula is C15H17N3O4. The lowest BCUT2D eigenvalue weighted by molar-refractivity contribution is -0.121. The number of carboxylic acid groups (broad SMARTS) is 1. The number of hydrogen-bond donors (Lipinski definition) is 2. The largest absolute Gasteiger partial charge is 0.497 e. The Bertz CT molecular complexity index is 649. The summed E-state index contributed by atoms with van der Waals surface area (Å²) in [5.41, 5.74) is 1.15. The van der Waals surface area contributed by atoms with Crippen LogP contribution in [-0.4, -0.2) is 40.4 Å². The molecule has 0 bridgehead atoms. The number of aromatic carboxylic acids is 1. The number of carbonyl (C=O) groups excluding carboxylic acids is 1. The summed E-state index contributed by atoms with van der Waals surface area (Å²) in [6.45, 7) is 0.494. The molecule has 22 heavy (non-hydrogen) atoms. The standard InChI is InChI=1S/C15H17N3O4/c1-22-13-4-2-11(3-5-13)6-7-16-14(19)10-18-9-12(8-17-18)15(20)21/h2-5,8-9H,6-7,10H2,1H3,(H,16,19)(H,20,21). The van der Waals surface area contributed by atoms with E-state index in [9.17, 15) is 9.59 Å². The first kappa shape index (κ1) is 15.6. The van der Waals surface area contributed by atoms with E-state index in [2.05, 4.69) is 10.4 Å². The van der Waals surface area contributed by atoms with Crippen LogP contribution >= 0.6 is 0 Å². The van der Waals surface area contributed by atoms with Gasteiger partial charge in [-0.2, -0.15) is 5.10 Å². The summed E-state index contributed by atoms with van der Waals surface area (Å²) in [6, 6.07) is 7.62. The lowest BCUT2D eigenvalue weighted by Gasteiger charge is -2.06. The van der Waals surface area contributed by atoms with E-state index in [4.69, 9.17) is 9.84 Å². The quantitative estimate of drug-likeness (QED) is 0.794. The molecule has 0 aliphatic carbocycles. The minimum absolute atomic E-state index is 0.00407. The number of carbonyl (C=O) groups is 2. The molecule has 0 unspecified atom stereocenters. The van der Waals surface area contributed by atoms with Gasteiger partial charge in [-0.15, -0.1) is 0 Å². The second-order valence-electron chi connectivity index (χ2n) is 4.68. The molecule has 1 amide bonds. The zero-order valence-electron chi connectivity index (χ0n) is 12.2. The Morgan fingerprint density at radius 2 is 2.05 bits per heavy atom. The number of rotatable bonds is 7. The molecule has 0 radical (unpaired) electrons. The van der Waals surface area contributed by atoms with Gasteiger partial charge in [0.05, 0.1) is 18.9 Å². The normalized spacial score (nSPS) is 10.2. The maximum Gasteiger partial charge on any atom is 0.338 e. The molecule has 1 aromatic heterocycles. The molecule has 0 spiro atoms. The molecule has 1 heterocycles. The molecule has 2 N–H and O–H groups in total. The van der Waals surface area contributed by atoms with Gasteiger partial charge in [-0.1, -0.05) is 12.1 Å². The molecule has 0 fully saturated rings. The van der Waals surface area contributed by atoms with Crippen LogP contribution in [0.1, 0.15) is 15.9 Å². The number of amides is 1. The number of nitrogens with zero attached hydrogens (tertiary/aromatic N) is 2. The van der Waals surface area contributed by atoms with Gasteiger partial charge in [-0.25, -0.2) is 4.79 Å². The van der Waals surface area contributed by atoms with E-state index in [0.717, 1.165) is 11.3 Å². The van der Waals surface area contributed by atoms with Crippen molar-refractivity contribution in [2.75, 3.05) is 13.7 Å². The minimum atomic E-state index is -1.06. The van der Waals surface area contributed by atoms with E-state index in [1.54, 1.807) is 7.11 Å². The first-order chi connectivity index (χ1) is 10.6. The van der Waals surface area contributed by atoms with E-state index < -0.39 is 5.97 Å². The fraction of sp³-hybridized carbons (Fsp3) is 0.267. The second kappa shape index (κ2) is 7.26. The molecule has 0 aliphatic heterocycles. The SMILES string of the molecule is COc1ccc(CCNC(=O)Cn2cc(C(=O)O)cn2)cc1. The van der Waals surface area contributed by atoms with E-state index in [1.807, 2.05) is 24.3 Å². The first-order valence-electron chi connectivity index (χ1n) is 6.74. The monoisotopic (exact) mass is 303 g/mol. The summed E-state index contributed by atoms with van der Waals surface area (Å²) >= 11 is 0. The van der Waals surface area contributed by atoms with Crippen LogP contribution in [0.25, 0.3) is 0 Å². The van der Waals surface area contributed by atoms with Gasteiger partial charge >= 0.3 is 5.97 Å². The lowest BCUT2D eigenvalue weighted by atomic mass is 10.1. The van der Waals surface area contributed by atoms with Gasteiger partial charge in [0.15, 0.2) is 0 Å². The van der Waals surface area contributed by atoms with Gasteiger partial charge in [0, 0.05) is 12.7 Å². The number of nitrogens with one attached hydrogen (secondary N) is 1. The van der Waals surface area contributed by atoms with Gasteiger partial charge in [0.1, 0.15) is 12.3 Å². The molecule has 2 rings (SSSR count). The summed E-state index contributed by atoms with van der Waals surface area (Å²) < 4.78 is 6.37. The molecule has 0 atom stereocenters. The molecule has 0 saturated heterocycles. The number of methoxy groups -OCH3 is 1. The minimum Gasteiger partial charge on any atom is -0.497 e. The van der Waals surface area contributed by atoms with Crippen LogP contribution in [0.15, 0.2) is 36.7 Å². The fourth-order valence-electron chi connectivity index (χ4n) is 1.90. The van der Waals surface area contributed by atoms with Crippen LogP contribution in [0.4, 0.5) is 0 Å². The third-order valence-electron chi connectivity index (χ3n) is 3.08. The van der Waals surface area contributed by atoms with Crippen molar-refractivity contribution in [2.24, 2.45) is 0 Å². The number of benzene rings is 1. The van der Waals surface area contributed by atoms with Crippen molar-refractivity contribution >= 4 is 11.9 Å². The Morgan fingerprint density at radius 3 is 2.64 bits per heavy atom. The van der Waals surface area contributed by atoms with Crippen LogP contribution in [-0.2, 0) is 17.8 Å². The Hall–Kier alpha value is -2.83. The third kappa shape index (κ3) is 4.34. The van der Waals surface area contributed by atoms with Gasteiger partial charge in [0.2, 0.25) is 5.91 Å². The van der Waals surface area contributed by atoms with Gasteiger partial charge < -0.3 is 15.2 Å². The number of aromatic nitrogens is 2. The highest BCUT2D eigenvalue weighted by molar-refractivity contribution is 5.87. The summed E-state index contributed by atoms with van der Waals surface area (Å²) in [5.74, 6) is -0.486. The molecule has 0 aliphatic rings. The lowest BCUT2D eigenvalue weighted by Crippen LogP contribution is -2.29. The predicted molar refractivity (Wildman–Crippen MR) is 78.9 cm³/mol. The van der Waals surface area contributed by atoms with Crippen LogP contribution in [0.3, 0.4) is 0 Å². The van der Waals surface area contributed by atoms with Crippen LogP contribution in [0, 0.1) is 0 Å². The fourth-order valence-corrected chi connectivity index (χ4v) is 1.90. The summed E-state index contributed by atoms with van der Waals surface area (Å²) in [6.07, 6.45) is 3.24.